The third-order valence-electron chi connectivity index (χ3n) is 3.99. The molecule has 1 aliphatic heterocycles. The van der Waals surface area contributed by atoms with Gasteiger partial charge >= 0.3 is 0 Å². The van der Waals surface area contributed by atoms with Gasteiger partial charge in [0.15, 0.2) is 5.78 Å². The Balaban J connectivity index is 1.61. The van der Waals surface area contributed by atoms with Crippen LogP contribution in [0.15, 0.2) is 54.6 Å². The second-order valence-electron chi connectivity index (χ2n) is 5.40. The van der Waals surface area contributed by atoms with Crippen LogP contribution in [0.3, 0.4) is 0 Å². The zero-order valence-electron chi connectivity index (χ0n) is 12.0. The summed E-state index contributed by atoms with van der Waals surface area (Å²) in [5.41, 5.74) is 3.80. The summed E-state index contributed by atoms with van der Waals surface area (Å²) in [6.07, 6.45) is 6.43. The summed E-state index contributed by atoms with van der Waals surface area (Å²) in [4.78, 5) is 36.9. The van der Waals surface area contributed by atoms with Crippen LogP contribution in [0, 0.1) is 0 Å². The van der Waals surface area contributed by atoms with E-state index in [-0.39, 0.29) is 17.6 Å². The highest BCUT2D eigenvalue weighted by Gasteiger charge is 2.25. The Morgan fingerprint density at radius 3 is 1.87 bits per heavy atom. The molecule has 23 heavy (non-hydrogen) atoms. The van der Waals surface area contributed by atoms with E-state index in [2.05, 4.69) is 0 Å². The molecule has 4 nitrogen and oxygen atoms in total. The number of benzene rings is 2. The minimum Gasteiger partial charge on any atom is -0.289 e. The number of rotatable bonds is 3. The van der Waals surface area contributed by atoms with E-state index in [0.29, 0.717) is 16.8 Å². The van der Waals surface area contributed by atoms with Crippen molar-refractivity contribution in [2.45, 2.75) is 0 Å². The Bertz CT molecular complexity index is 902. The van der Waals surface area contributed by atoms with Crippen molar-refractivity contribution in [1.82, 2.24) is 0 Å². The van der Waals surface area contributed by atoms with Crippen LogP contribution >= 0.6 is 0 Å². The molecule has 4 rings (SSSR count). The fourth-order valence-electron chi connectivity index (χ4n) is 2.68. The van der Waals surface area contributed by atoms with Crippen molar-refractivity contribution < 1.29 is 14.4 Å². The molecule has 0 aromatic heterocycles. The second-order valence-corrected chi connectivity index (χ2v) is 5.40. The first-order chi connectivity index (χ1) is 11.1. The number of ketones is 1. The van der Waals surface area contributed by atoms with E-state index in [0.717, 1.165) is 16.0 Å². The van der Waals surface area contributed by atoms with Gasteiger partial charge in [0.05, 0.1) is 5.69 Å². The summed E-state index contributed by atoms with van der Waals surface area (Å²) < 4.78 is 0. The van der Waals surface area contributed by atoms with Gasteiger partial charge < -0.3 is 0 Å². The van der Waals surface area contributed by atoms with Gasteiger partial charge in [-0.25, -0.2) is 4.90 Å². The molecule has 0 N–H and O–H groups in total. The molecule has 2 aliphatic rings. The van der Waals surface area contributed by atoms with Gasteiger partial charge in [-0.15, -0.1) is 0 Å². The predicted octanol–water partition coefficient (Wildman–Crippen LogP) is 2.83. The monoisotopic (exact) mass is 301 g/mol. The van der Waals surface area contributed by atoms with E-state index in [9.17, 15) is 14.4 Å². The lowest BCUT2D eigenvalue weighted by molar-refractivity contribution is -0.119. The highest BCUT2D eigenvalue weighted by Crippen LogP contribution is 2.26. The SMILES string of the molecule is O=C(c1ccc(N2C(=O)C=CC2=O)cc1)c1ccc2c(c1)C=C2. The smallest absolute Gasteiger partial charge is 0.258 e. The average Bonchev–Trinajstić information content (AvgIpc) is 2.87. The minimum absolute atomic E-state index is 0.0862. The molecule has 1 heterocycles. The molecule has 0 spiro atoms. The first-order valence-corrected chi connectivity index (χ1v) is 7.16. The zero-order chi connectivity index (χ0) is 16.0. The standard InChI is InChI=1S/C19H11NO3/c21-17-9-10-18(22)20(17)16-7-5-13(6-8-16)19(23)15-4-2-12-1-3-14(12)11-15/h1-11H. The Kier molecular flexibility index (Phi) is 2.84. The lowest BCUT2D eigenvalue weighted by Crippen LogP contribution is -2.29. The maximum atomic E-state index is 12.5. The van der Waals surface area contributed by atoms with Gasteiger partial charge in [-0.2, -0.15) is 0 Å². The molecule has 110 valence electrons. The van der Waals surface area contributed by atoms with Gasteiger partial charge in [0, 0.05) is 23.3 Å². The number of anilines is 1. The highest BCUT2D eigenvalue weighted by atomic mass is 16.2. The van der Waals surface area contributed by atoms with E-state index in [1.165, 1.54) is 12.2 Å². The average molecular weight is 301 g/mol. The zero-order valence-corrected chi connectivity index (χ0v) is 12.0. The van der Waals surface area contributed by atoms with Crippen LogP contribution in [0.4, 0.5) is 5.69 Å². The number of amides is 2. The van der Waals surface area contributed by atoms with Crippen LogP contribution in [0.5, 0.6) is 0 Å². The van der Waals surface area contributed by atoms with Crippen molar-refractivity contribution in [2.24, 2.45) is 0 Å². The van der Waals surface area contributed by atoms with Gasteiger partial charge in [-0.05, 0) is 41.5 Å². The number of fused-ring (bicyclic) bond motifs is 1. The molecule has 2 aromatic carbocycles. The molecule has 2 amide bonds. The van der Waals surface area contributed by atoms with Gasteiger partial charge in [0.25, 0.3) is 11.8 Å². The highest BCUT2D eigenvalue weighted by molar-refractivity contribution is 6.28. The maximum absolute atomic E-state index is 12.5. The van der Waals surface area contributed by atoms with Crippen LogP contribution in [0.1, 0.15) is 27.0 Å². The summed E-state index contributed by atoms with van der Waals surface area (Å²) in [6.45, 7) is 0. The van der Waals surface area contributed by atoms with Gasteiger partial charge in [0.1, 0.15) is 0 Å². The number of imide groups is 1. The molecular formula is C19H11NO3. The molecule has 0 radical (unpaired) electrons. The fourth-order valence-corrected chi connectivity index (χ4v) is 2.68. The molecule has 0 atom stereocenters. The second kappa shape index (κ2) is 4.88. The van der Waals surface area contributed by atoms with Gasteiger partial charge in [0.2, 0.25) is 0 Å². The molecule has 2 aromatic rings. The van der Waals surface area contributed by atoms with Crippen molar-refractivity contribution in [1.29, 1.82) is 0 Å². The van der Waals surface area contributed by atoms with Crippen molar-refractivity contribution in [3.8, 4) is 0 Å². The summed E-state index contributed by atoms with van der Waals surface area (Å²) in [7, 11) is 0. The van der Waals surface area contributed by atoms with Crippen LogP contribution < -0.4 is 4.90 Å². The minimum atomic E-state index is -0.372. The number of nitrogens with zero attached hydrogens (tertiary/aromatic N) is 1. The summed E-state index contributed by atoms with van der Waals surface area (Å²) in [5.74, 6) is -0.830. The molecular weight excluding hydrogens is 290 g/mol. The lowest BCUT2D eigenvalue weighted by atomic mass is 9.93. The molecule has 0 unspecified atom stereocenters. The van der Waals surface area contributed by atoms with Crippen LogP contribution in [0.25, 0.3) is 12.2 Å². The number of carbonyl (C=O) groups excluding carboxylic acids is 3. The number of hydrogen-bond donors (Lipinski definition) is 0. The van der Waals surface area contributed by atoms with Gasteiger partial charge in [-0.1, -0.05) is 24.3 Å². The Labute approximate surface area is 132 Å². The topological polar surface area (TPSA) is 54.5 Å². The first-order valence-electron chi connectivity index (χ1n) is 7.16. The van der Waals surface area contributed by atoms with Gasteiger partial charge in [-0.3, -0.25) is 14.4 Å². The van der Waals surface area contributed by atoms with Crippen LogP contribution in [-0.4, -0.2) is 17.6 Å². The van der Waals surface area contributed by atoms with Crippen LogP contribution in [-0.2, 0) is 9.59 Å². The van der Waals surface area contributed by atoms with E-state index >= 15 is 0 Å². The third-order valence-corrected chi connectivity index (χ3v) is 3.99. The van der Waals surface area contributed by atoms with E-state index < -0.39 is 0 Å². The molecule has 0 saturated carbocycles. The van der Waals surface area contributed by atoms with E-state index in [1.54, 1.807) is 30.3 Å². The third kappa shape index (κ3) is 2.12. The van der Waals surface area contributed by atoms with E-state index in [1.807, 2.05) is 24.3 Å². The van der Waals surface area contributed by atoms with Crippen molar-refractivity contribution >= 4 is 35.4 Å². The molecule has 0 saturated heterocycles. The summed E-state index contributed by atoms with van der Waals surface area (Å²) in [5, 5.41) is 0. The quantitative estimate of drug-likeness (QED) is 0.552. The van der Waals surface area contributed by atoms with Crippen molar-refractivity contribution in [2.75, 3.05) is 4.90 Å². The summed E-state index contributed by atoms with van der Waals surface area (Å²) in [6, 6.07) is 12.1. The molecule has 0 bridgehead atoms. The Hall–Kier alpha value is -3.27. The largest absolute Gasteiger partial charge is 0.289 e. The first kappa shape index (κ1) is 13.4. The summed E-state index contributed by atoms with van der Waals surface area (Å²) >= 11 is 0. The van der Waals surface area contributed by atoms with Crippen molar-refractivity contribution in [3.63, 3.8) is 0 Å². The molecule has 1 aliphatic carbocycles. The lowest BCUT2D eigenvalue weighted by Gasteiger charge is -2.14. The number of carbonyl (C=O) groups is 3. The molecule has 4 heteroatoms. The number of hydrogen-bond acceptors (Lipinski definition) is 3. The van der Waals surface area contributed by atoms with Crippen molar-refractivity contribution in [3.05, 3.63) is 76.9 Å². The maximum Gasteiger partial charge on any atom is 0.258 e. The Morgan fingerprint density at radius 2 is 1.30 bits per heavy atom. The van der Waals surface area contributed by atoms with Crippen LogP contribution in [0.2, 0.25) is 0 Å². The molecule has 0 fully saturated rings. The van der Waals surface area contributed by atoms with E-state index in [4.69, 9.17) is 0 Å². The fraction of sp³-hybridized carbons (Fsp3) is 0. The normalized spacial score (nSPS) is 14.9. The Morgan fingerprint density at radius 1 is 0.696 bits per heavy atom. The predicted molar refractivity (Wildman–Crippen MR) is 86.9 cm³/mol.